The zero-order valence-corrected chi connectivity index (χ0v) is 9.42. The summed E-state index contributed by atoms with van der Waals surface area (Å²) in [5, 5.41) is 2.90. The normalized spacial score (nSPS) is 22.5. The van der Waals surface area contributed by atoms with Crippen molar-refractivity contribution in [2.45, 2.75) is 37.6 Å². The standard InChI is InChI=1S/C13H16N2O/c1-8(14)13(4-5-13)10-3-2-9-6-12(16)15-11(9)7-10/h2-3,7-8H,4-6,14H2,1H3,(H,15,16). The Bertz CT molecular complexity index is 461. The first-order valence-electron chi connectivity index (χ1n) is 5.81. The number of carbonyl (C=O) groups excluding carboxylic acids is 1. The molecule has 16 heavy (non-hydrogen) atoms. The second kappa shape index (κ2) is 3.08. The van der Waals surface area contributed by atoms with Crippen LogP contribution in [0.25, 0.3) is 0 Å². The Morgan fingerprint density at radius 1 is 1.44 bits per heavy atom. The van der Waals surface area contributed by atoms with Gasteiger partial charge in [0.2, 0.25) is 5.91 Å². The minimum Gasteiger partial charge on any atom is -0.327 e. The van der Waals surface area contributed by atoms with Gasteiger partial charge in [0.05, 0.1) is 6.42 Å². The zero-order valence-electron chi connectivity index (χ0n) is 9.42. The fourth-order valence-electron chi connectivity index (χ4n) is 2.67. The molecule has 0 saturated heterocycles. The van der Waals surface area contributed by atoms with E-state index < -0.39 is 0 Å². The summed E-state index contributed by atoms with van der Waals surface area (Å²) in [4.78, 5) is 11.3. The second-order valence-corrected chi connectivity index (χ2v) is 5.04. The van der Waals surface area contributed by atoms with Crippen molar-refractivity contribution in [2.75, 3.05) is 5.32 Å². The number of nitrogens with one attached hydrogen (secondary N) is 1. The molecule has 1 fully saturated rings. The van der Waals surface area contributed by atoms with Crippen LogP contribution in [0.5, 0.6) is 0 Å². The summed E-state index contributed by atoms with van der Waals surface area (Å²) < 4.78 is 0. The molecule has 1 unspecified atom stereocenters. The molecule has 1 atom stereocenters. The molecular weight excluding hydrogens is 200 g/mol. The van der Waals surface area contributed by atoms with Crippen molar-refractivity contribution in [3.63, 3.8) is 0 Å². The minimum absolute atomic E-state index is 0.0952. The van der Waals surface area contributed by atoms with Crippen LogP contribution in [0.2, 0.25) is 0 Å². The molecule has 1 saturated carbocycles. The first kappa shape index (κ1) is 9.85. The molecule has 3 rings (SSSR count). The van der Waals surface area contributed by atoms with Crippen molar-refractivity contribution in [3.05, 3.63) is 29.3 Å². The number of nitrogens with two attached hydrogens (primary N) is 1. The van der Waals surface area contributed by atoms with Gasteiger partial charge in [0.15, 0.2) is 0 Å². The third-order valence-electron chi connectivity index (χ3n) is 3.97. The van der Waals surface area contributed by atoms with E-state index in [2.05, 4.69) is 30.4 Å². The average molecular weight is 216 g/mol. The minimum atomic E-state index is 0.0952. The maximum Gasteiger partial charge on any atom is 0.228 e. The van der Waals surface area contributed by atoms with E-state index in [1.165, 1.54) is 5.56 Å². The summed E-state index contributed by atoms with van der Waals surface area (Å²) in [5.74, 6) is 0.0952. The lowest BCUT2D eigenvalue weighted by molar-refractivity contribution is -0.115. The van der Waals surface area contributed by atoms with Crippen LogP contribution in [0, 0.1) is 0 Å². The van der Waals surface area contributed by atoms with Gasteiger partial charge in [-0.15, -0.1) is 0 Å². The molecule has 3 N–H and O–H groups in total. The van der Waals surface area contributed by atoms with Crippen LogP contribution in [0.1, 0.15) is 30.9 Å². The van der Waals surface area contributed by atoms with Gasteiger partial charge in [-0.05, 0) is 37.0 Å². The van der Waals surface area contributed by atoms with Crippen LogP contribution in [0.4, 0.5) is 5.69 Å². The highest BCUT2D eigenvalue weighted by Crippen LogP contribution is 2.51. The number of hydrogen-bond acceptors (Lipinski definition) is 2. The predicted octanol–water partition coefficient (Wildman–Crippen LogP) is 1.56. The van der Waals surface area contributed by atoms with E-state index in [1.807, 2.05) is 0 Å². The fourth-order valence-corrected chi connectivity index (χ4v) is 2.67. The van der Waals surface area contributed by atoms with E-state index in [-0.39, 0.29) is 17.4 Å². The fraction of sp³-hybridized carbons (Fsp3) is 0.462. The SMILES string of the molecule is CC(N)C1(c2ccc3c(c2)NC(=O)C3)CC1. The van der Waals surface area contributed by atoms with Gasteiger partial charge < -0.3 is 11.1 Å². The molecular formula is C13H16N2O. The van der Waals surface area contributed by atoms with Crippen LogP contribution in [0.3, 0.4) is 0 Å². The van der Waals surface area contributed by atoms with Crippen molar-refractivity contribution < 1.29 is 4.79 Å². The van der Waals surface area contributed by atoms with Crippen LogP contribution in [0.15, 0.2) is 18.2 Å². The number of amides is 1. The van der Waals surface area contributed by atoms with Gasteiger partial charge in [-0.3, -0.25) is 4.79 Å². The van der Waals surface area contributed by atoms with Crippen LogP contribution < -0.4 is 11.1 Å². The topological polar surface area (TPSA) is 55.1 Å². The molecule has 2 aliphatic rings. The molecule has 0 radical (unpaired) electrons. The molecule has 1 amide bonds. The summed E-state index contributed by atoms with van der Waals surface area (Å²) in [5.41, 5.74) is 9.59. The third-order valence-corrected chi connectivity index (χ3v) is 3.97. The quantitative estimate of drug-likeness (QED) is 0.788. The zero-order chi connectivity index (χ0) is 11.3. The Kier molecular flexibility index (Phi) is 1.89. The van der Waals surface area contributed by atoms with Crippen molar-refractivity contribution >= 4 is 11.6 Å². The largest absolute Gasteiger partial charge is 0.327 e. The van der Waals surface area contributed by atoms with Gasteiger partial charge in [-0.2, -0.15) is 0 Å². The van der Waals surface area contributed by atoms with E-state index in [0.717, 1.165) is 24.1 Å². The molecule has 1 aliphatic heterocycles. The van der Waals surface area contributed by atoms with Crippen LogP contribution >= 0.6 is 0 Å². The summed E-state index contributed by atoms with van der Waals surface area (Å²) in [6, 6.07) is 6.49. The van der Waals surface area contributed by atoms with Gasteiger partial charge in [0.25, 0.3) is 0 Å². The number of carbonyl (C=O) groups is 1. The van der Waals surface area contributed by atoms with Gasteiger partial charge in [0.1, 0.15) is 0 Å². The number of anilines is 1. The molecule has 1 heterocycles. The maximum absolute atomic E-state index is 11.3. The van der Waals surface area contributed by atoms with Crippen molar-refractivity contribution in [1.82, 2.24) is 0 Å². The summed E-state index contributed by atoms with van der Waals surface area (Å²) >= 11 is 0. The van der Waals surface area contributed by atoms with E-state index in [0.29, 0.717) is 6.42 Å². The van der Waals surface area contributed by atoms with Crippen molar-refractivity contribution in [2.24, 2.45) is 5.73 Å². The lowest BCUT2D eigenvalue weighted by Crippen LogP contribution is -2.31. The Hall–Kier alpha value is -1.35. The molecule has 84 valence electrons. The van der Waals surface area contributed by atoms with E-state index >= 15 is 0 Å². The molecule has 1 aromatic rings. The average Bonchev–Trinajstić information content (AvgIpc) is 2.95. The molecule has 1 aromatic carbocycles. The van der Waals surface area contributed by atoms with Crippen LogP contribution in [-0.4, -0.2) is 11.9 Å². The molecule has 0 aromatic heterocycles. The monoisotopic (exact) mass is 216 g/mol. The summed E-state index contributed by atoms with van der Waals surface area (Å²) in [6.07, 6.45) is 2.84. The molecule has 1 aliphatic carbocycles. The Balaban J connectivity index is 2.00. The van der Waals surface area contributed by atoms with Gasteiger partial charge >= 0.3 is 0 Å². The van der Waals surface area contributed by atoms with Crippen molar-refractivity contribution in [3.8, 4) is 0 Å². The lowest BCUT2D eigenvalue weighted by Gasteiger charge is -2.20. The van der Waals surface area contributed by atoms with E-state index in [9.17, 15) is 4.79 Å². The second-order valence-electron chi connectivity index (χ2n) is 5.04. The van der Waals surface area contributed by atoms with Crippen LogP contribution in [-0.2, 0) is 16.6 Å². The van der Waals surface area contributed by atoms with Gasteiger partial charge in [-0.1, -0.05) is 12.1 Å². The van der Waals surface area contributed by atoms with E-state index in [1.54, 1.807) is 0 Å². The lowest BCUT2D eigenvalue weighted by atomic mass is 9.88. The summed E-state index contributed by atoms with van der Waals surface area (Å²) in [7, 11) is 0. The highest BCUT2D eigenvalue weighted by Gasteiger charge is 2.47. The first-order chi connectivity index (χ1) is 7.62. The van der Waals surface area contributed by atoms with Crippen molar-refractivity contribution in [1.29, 1.82) is 0 Å². The Morgan fingerprint density at radius 3 is 2.81 bits per heavy atom. The number of rotatable bonds is 2. The maximum atomic E-state index is 11.3. The van der Waals surface area contributed by atoms with Gasteiger partial charge in [0, 0.05) is 17.1 Å². The highest BCUT2D eigenvalue weighted by molar-refractivity contribution is 5.99. The number of hydrogen-bond donors (Lipinski definition) is 2. The first-order valence-corrected chi connectivity index (χ1v) is 5.81. The number of benzene rings is 1. The molecule has 0 spiro atoms. The molecule has 3 heteroatoms. The molecule has 0 bridgehead atoms. The summed E-state index contributed by atoms with van der Waals surface area (Å²) in [6.45, 7) is 2.07. The molecule has 3 nitrogen and oxygen atoms in total. The smallest absolute Gasteiger partial charge is 0.228 e. The third kappa shape index (κ3) is 1.28. The van der Waals surface area contributed by atoms with E-state index in [4.69, 9.17) is 5.73 Å². The predicted molar refractivity (Wildman–Crippen MR) is 63.3 cm³/mol. The Labute approximate surface area is 95.0 Å². The Morgan fingerprint density at radius 2 is 2.19 bits per heavy atom. The number of fused-ring (bicyclic) bond motifs is 1. The highest BCUT2D eigenvalue weighted by atomic mass is 16.1. The van der Waals surface area contributed by atoms with Gasteiger partial charge in [-0.25, -0.2) is 0 Å².